The Hall–Kier alpha value is -2.17. The van der Waals surface area contributed by atoms with Crippen molar-refractivity contribution in [3.05, 3.63) is 41.7 Å². The molecule has 1 fully saturated rings. The minimum atomic E-state index is -1.02. The van der Waals surface area contributed by atoms with Gasteiger partial charge in [0.25, 0.3) is 0 Å². The molecule has 1 aliphatic rings. The van der Waals surface area contributed by atoms with Crippen LogP contribution in [0.25, 0.3) is 6.08 Å². The zero-order chi connectivity index (χ0) is 13.8. The van der Waals surface area contributed by atoms with Gasteiger partial charge in [0.1, 0.15) is 12.4 Å². The third-order valence-corrected chi connectivity index (χ3v) is 2.86. The summed E-state index contributed by atoms with van der Waals surface area (Å²) in [6.07, 6.45) is 4.58. The Morgan fingerprint density at radius 2 is 1.95 bits per heavy atom. The van der Waals surface area contributed by atoms with Crippen LogP contribution in [0.15, 0.2) is 30.3 Å². The van der Waals surface area contributed by atoms with E-state index in [-0.39, 0.29) is 24.3 Å². The number of amides is 1. The normalized spacial score (nSPS) is 14.6. The third-order valence-electron chi connectivity index (χ3n) is 2.86. The summed E-state index contributed by atoms with van der Waals surface area (Å²) in [6.45, 7) is -0.280. The van der Waals surface area contributed by atoms with Crippen LogP contribution in [0.4, 0.5) is 4.39 Å². The van der Waals surface area contributed by atoms with E-state index in [4.69, 9.17) is 5.11 Å². The number of rotatable bonds is 5. The molecule has 0 spiro atoms. The molecule has 0 bridgehead atoms. The van der Waals surface area contributed by atoms with Gasteiger partial charge in [-0.3, -0.25) is 9.59 Å². The average Bonchev–Trinajstić information content (AvgIpc) is 3.19. The zero-order valence-corrected chi connectivity index (χ0v) is 10.3. The second-order valence-corrected chi connectivity index (χ2v) is 4.48. The number of hydrogen-bond donors (Lipinski definition) is 1. The zero-order valence-electron chi connectivity index (χ0n) is 10.3. The van der Waals surface area contributed by atoms with E-state index < -0.39 is 5.97 Å². The van der Waals surface area contributed by atoms with Gasteiger partial charge in [-0.15, -0.1) is 0 Å². The number of nitrogens with zero attached hydrogens (tertiary/aromatic N) is 1. The first-order valence-electron chi connectivity index (χ1n) is 6.02. The van der Waals surface area contributed by atoms with Crippen LogP contribution < -0.4 is 0 Å². The lowest BCUT2D eigenvalue weighted by Crippen LogP contribution is -2.36. The molecular formula is C14H14FNO3. The minimum Gasteiger partial charge on any atom is -0.480 e. The van der Waals surface area contributed by atoms with Gasteiger partial charge in [0.2, 0.25) is 5.91 Å². The molecule has 19 heavy (non-hydrogen) atoms. The van der Waals surface area contributed by atoms with Crippen molar-refractivity contribution < 1.29 is 19.1 Å². The van der Waals surface area contributed by atoms with Gasteiger partial charge in [0.15, 0.2) is 0 Å². The Morgan fingerprint density at radius 3 is 2.47 bits per heavy atom. The molecule has 4 nitrogen and oxygen atoms in total. The van der Waals surface area contributed by atoms with Crippen LogP contribution in [0.2, 0.25) is 0 Å². The maximum atomic E-state index is 12.7. The highest BCUT2D eigenvalue weighted by atomic mass is 19.1. The van der Waals surface area contributed by atoms with Crippen molar-refractivity contribution in [1.82, 2.24) is 4.90 Å². The third kappa shape index (κ3) is 3.91. The van der Waals surface area contributed by atoms with E-state index in [1.54, 1.807) is 18.2 Å². The summed E-state index contributed by atoms with van der Waals surface area (Å²) >= 11 is 0. The van der Waals surface area contributed by atoms with Crippen molar-refractivity contribution in [2.75, 3.05) is 6.54 Å². The number of benzene rings is 1. The van der Waals surface area contributed by atoms with E-state index in [0.717, 1.165) is 12.8 Å². The van der Waals surface area contributed by atoms with Crippen LogP contribution >= 0.6 is 0 Å². The molecule has 0 heterocycles. The van der Waals surface area contributed by atoms with E-state index in [1.165, 1.54) is 23.1 Å². The van der Waals surface area contributed by atoms with Crippen LogP contribution in [0.1, 0.15) is 18.4 Å². The molecule has 0 unspecified atom stereocenters. The Morgan fingerprint density at radius 1 is 1.32 bits per heavy atom. The van der Waals surface area contributed by atoms with Crippen LogP contribution in [0, 0.1) is 5.82 Å². The predicted molar refractivity (Wildman–Crippen MR) is 67.8 cm³/mol. The molecule has 5 heteroatoms. The maximum absolute atomic E-state index is 12.7. The van der Waals surface area contributed by atoms with Crippen molar-refractivity contribution in [2.24, 2.45) is 0 Å². The molecule has 0 aliphatic heterocycles. The van der Waals surface area contributed by atoms with Gasteiger partial charge in [0.05, 0.1) is 0 Å². The van der Waals surface area contributed by atoms with Gasteiger partial charge in [-0.25, -0.2) is 4.39 Å². The molecule has 100 valence electrons. The number of carbonyl (C=O) groups excluding carboxylic acids is 1. The quantitative estimate of drug-likeness (QED) is 0.826. The summed E-state index contributed by atoms with van der Waals surface area (Å²) in [7, 11) is 0. The summed E-state index contributed by atoms with van der Waals surface area (Å²) in [4.78, 5) is 24.0. The Bertz CT molecular complexity index is 506. The van der Waals surface area contributed by atoms with E-state index >= 15 is 0 Å². The number of halogens is 1. The van der Waals surface area contributed by atoms with Gasteiger partial charge >= 0.3 is 5.97 Å². The van der Waals surface area contributed by atoms with Crippen LogP contribution in [-0.2, 0) is 9.59 Å². The van der Waals surface area contributed by atoms with Crippen LogP contribution in [0.5, 0.6) is 0 Å². The maximum Gasteiger partial charge on any atom is 0.323 e. The van der Waals surface area contributed by atoms with E-state index in [1.807, 2.05) is 0 Å². The summed E-state index contributed by atoms with van der Waals surface area (Å²) < 4.78 is 12.7. The molecule has 1 aromatic rings. The van der Waals surface area contributed by atoms with E-state index in [9.17, 15) is 14.0 Å². The molecular weight excluding hydrogens is 249 g/mol. The molecule has 1 amide bonds. The molecule has 0 saturated heterocycles. The number of carboxylic acids is 1. The molecule has 0 atom stereocenters. The fourth-order valence-corrected chi connectivity index (χ4v) is 1.76. The molecule has 1 aromatic carbocycles. The monoisotopic (exact) mass is 263 g/mol. The molecule has 1 saturated carbocycles. The summed E-state index contributed by atoms with van der Waals surface area (Å²) in [5, 5.41) is 8.77. The van der Waals surface area contributed by atoms with E-state index in [0.29, 0.717) is 5.56 Å². The average molecular weight is 263 g/mol. The lowest BCUT2D eigenvalue weighted by Gasteiger charge is -2.17. The summed E-state index contributed by atoms with van der Waals surface area (Å²) in [5.41, 5.74) is 0.695. The van der Waals surface area contributed by atoms with E-state index in [2.05, 4.69) is 0 Å². The molecule has 1 aliphatic carbocycles. The number of carboxylic acid groups (broad SMARTS) is 1. The van der Waals surface area contributed by atoms with Gasteiger partial charge < -0.3 is 10.0 Å². The fraction of sp³-hybridized carbons (Fsp3) is 0.286. The number of aliphatic carboxylic acids is 1. The lowest BCUT2D eigenvalue weighted by atomic mass is 10.2. The predicted octanol–water partition coefficient (Wildman–Crippen LogP) is 1.91. The van der Waals surface area contributed by atoms with Gasteiger partial charge in [-0.1, -0.05) is 12.1 Å². The molecule has 0 aromatic heterocycles. The number of hydrogen-bond acceptors (Lipinski definition) is 2. The summed E-state index contributed by atoms with van der Waals surface area (Å²) in [6, 6.07) is 5.76. The van der Waals surface area contributed by atoms with Gasteiger partial charge in [-0.2, -0.15) is 0 Å². The first-order valence-corrected chi connectivity index (χ1v) is 6.02. The molecule has 0 radical (unpaired) electrons. The topological polar surface area (TPSA) is 57.6 Å². The Balaban J connectivity index is 2.01. The van der Waals surface area contributed by atoms with Gasteiger partial charge in [-0.05, 0) is 36.6 Å². The summed E-state index contributed by atoms with van der Waals surface area (Å²) in [5.74, 6) is -1.68. The highest BCUT2D eigenvalue weighted by Crippen LogP contribution is 2.26. The van der Waals surface area contributed by atoms with Crippen LogP contribution in [-0.4, -0.2) is 34.5 Å². The molecule has 1 N–H and O–H groups in total. The second kappa shape index (κ2) is 5.65. The van der Waals surface area contributed by atoms with Crippen LogP contribution in [0.3, 0.4) is 0 Å². The van der Waals surface area contributed by atoms with Crippen molar-refractivity contribution >= 4 is 18.0 Å². The lowest BCUT2D eigenvalue weighted by molar-refractivity contribution is -0.143. The van der Waals surface area contributed by atoms with Crippen molar-refractivity contribution in [3.63, 3.8) is 0 Å². The smallest absolute Gasteiger partial charge is 0.323 e. The highest BCUT2D eigenvalue weighted by Gasteiger charge is 2.32. The minimum absolute atomic E-state index is 0.0430. The Labute approximate surface area is 110 Å². The number of carbonyl (C=O) groups is 2. The fourth-order valence-electron chi connectivity index (χ4n) is 1.76. The SMILES string of the molecule is O=C(O)CN(C(=O)/C=C\c1ccc(F)cc1)C1CC1. The first kappa shape index (κ1) is 13.3. The van der Waals surface area contributed by atoms with Gasteiger partial charge in [0, 0.05) is 12.1 Å². The standard InChI is InChI=1S/C14H14FNO3/c15-11-4-1-10(2-5-11)3-8-13(17)16(9-14(18)19)12-6-7-12/h1-5,8,12H,6-7,9H2,(H,18,19)/b8-3-. The Kier molecular flexibility index (Phi) is 3.94. The molecule has 2 rings (SSSR count). The van der Waals surface area contributed by atoms with Crippen molar-refractivity contribution in [1.29, 1.82) is 0 Å². The largest absolute Gasteiger partial charge is 0.480 e. The van der Waals surface area contributed by atoms with Crippen molar-refractivity contribution in [2.45, 2.75) is 18.9 Å². The second-order valence-electron chi connectivity index (χ2n) is 4.48. The van der Waals surface area contributed by atoms with Crippen molar-refractivity contribution in [3.8, 4) is 0 Å². The first-order chi connectivity index (χ1) is 9.06. The highest BCUT2D eigenvalue weighted by molar-refractivity contribution is 5.94.